The molecule has 0 spiro atoms. The molecular weight excluding hydrogens is 244 g/mol. The number of hydrogen-bond donors (Lipinski definition) is 0. The Hall–Kier alpha value is -2.10. The van der Waals surface area contributed by atoms with Gasteiger partial charge in [0.05, 0.1) is 0 Å². The van der Waals surface area contributed by atoms with Gasteiger partial charge in [0, 0.05) is 0 Å². The van der Waals surface area contributed by atoms with Crippen LogP contribution in [0.2, 0.25) is 0 Å². The molecule has 1 aromatic rings. The second-order valence-corrected chi connectivity index (χ2v) is 4.72. The van der Waals surface area contributed by atoms with Gasteiger partial charge in [0.15, 0.2) is 0 Å². The molecule has 0 radical (unpaired) electrons. The first-order chi connectivity index (χ1) is 9.08. The predicted octanol–water partition coefficient (Wildman–Crippen LogP) is 2.24. The van der Waals surface area contributed by atoms with Crippen molar-refractivity contribution >= 4 is 11.9 Å². The molecule has 0 unspecified atom stereocenters. The van der Waals surface area contributed by atoms with E-state index in [2.05, 4.69) is 6.58 Å². The smallest absolute Gasteiger partial charge is 0.348 e. The third-order valence-corrected chi connectivity index (χ3v) is 2.94. The molecule has 2 rings (SSSR count). The zero-order chi connectivity index (χ0) is 13.8. The van der Waals surface area contributed by atoms with Crippen molar-refractivity contribution in [1.29, 1.82) is 0 Å². The molecular formula is C15H16O4. The third-order valence-electron chi connectivity index (χ3n) is 2.94. The summed E-state index contributed by atoms with van der Waals surface area (Å²) in [5, 5.41) is 0. The Balaban J connectivity index is 1.87. The first-order valence-electron chi connectivity index (χ1n) is 6.13. The lowest BCUT2D eigenvalue weighted by Gasteiger charge is -2.33. The van der Waals surface area contributed by atoms with Gasteiger partial charge >= 0.3 is 11.9 Å². The highest BCUT2D eigenvalue weighted by Crippen LogP contribution is 2.29. The van der Waals surface area contributed by atoms with Crippen LogP contribution in [0, 0.1) is 5.92 Å². The fourth-order valence-electron chi connectivity index (χ4n) is 1.93. The van der Waals surface area contributed by atoms with E-state index in [-0.39, 0.29) is 12.6 Å². The van der Waals surface area contributed by atoms with E-state index < -0.39 is 18.0 Å². The van der Waals surface area contributed by atoms with Gasteiger partial charge in [0.2, 0.25) is 6.10 Å². The van der Waals surface area contributed by atoms with Crippen molar-refractivity contribution in [2.45, 2.75) is 26.1 Å². The average molecular weight is 260 g/mol. The Morgan fingerprint density at radius 3 is 2.63 bits per heavy atom. The van der Waals surface area contributed by atoms with E-state index in [9.17, 15) is 9.59 Å². The molecule has 0 N–H and O–H groups in total. The average Bonchev–Trinajstić information content (AvgIpc) is 2.40. The minimum absolute atomic E-state index is 0.188. The van der Waals surface area contributed by atoms with Crippen LogP contribution in [0.4, 0.5) is 0 Å². The zero-order valence-electron chi connectivity index (χ0n) is 10.8. The molecule has 1 saturated heterocycles. The normalized spacial score (nSPS) is 21.2. The minimum atomic E-state index is -0.784. The van der Waals surface area contributed by atoms with Crippen LogP contribution in [-0.4, -0.2) is 18.0 Å². The summed E-state index contributed by atoms with van der Waals surface area (Å²) in [6.07, 6.45) is -0.322. The molecule has 1 heterocycles. The topological polar surface area (TPSA) is 52.6 Å². The molecule has 1 fully saturated rings. The van der Waals surface area contributed by atoms with E-state index in [1.807, 2.05) is 37.3 Å². The van der Waals surface area contributed by atoms with Crippen LogP contribution in [0.3, 0.4) is 0 Å². The Morgan fingerprint density at radius 1 is 1.37 bits per heavy atom. The quantitative estimate of drug-likeness (QED) is 0.602. The summed E-state index contributed by atoms with van der Waals surface area (Å²) in [4.78, 5) is 23.1. The molecule has 1 aliphatic rings. The van der Waals surface area contributed by atoms with Crippen molar-refractivity contribution in [2.24, 2.45) is 5.92 Å². The minimum Gasteiger partial charge on any atom is -0.458 e. The number of carbonyl (C=O) groups excluding carboxylic acids is 2. The second-order valence-electron chi connectivity index (χ2n) is 4.72. The highest BCUT2D eigenvalue weighted by Gasteiger charge is 2.47. The van der Waals surface area contributed by atoms with E-state index in [4.69, 9.17) is 9.47 Å². The maximum Gasteiger partial charge on any atom is 0.348 e. The first kappa shape index (κ1) is 13.3. The zero-order valence-corrected chi connectivity index (χ0v) is 10.8. The monoisotopic (exact) mass is 260 g/mol. The summed E-state index contributed by atoms with van der Waals surface area (Å²) >= 11 is 0. The fraction of sp³-hybridized carbons (Fsp3) is 0.333. The van der Waals surface area contributed by atoms with Crippen LogP contribution in [-0.2, 0) is 25.7 Å². The van der Waals surface area contributed by atoms with Gasteiger partial charge in [-0.05, 0) is 18.9 Å². The summed E-state index contributed by atoms with van der Waals surface area (Å²) in [6.45, 7) is 5.74. The lowest BCUT2D eigenvalue weighted by atomic mass is 9.90. The Morgan fingerprint density at radius 2 is 2.05 bits per heavy atom. The van der Waals surface area contributed by atoms with E-state index in [0.29, 0.717) is 6.42 Å². The highest BCUT2D eigenvalue weighted by molar-refractivity contribution is 5.91. The van der Waals surface area contributed by atoms with Gasteiger partial charge in [-0.15, -0.1) is 6.58 Å². The fourth-order valence-corrected chi connectivity index (χ4v) is 1.93. The molecule has 0 aliphatic carbocycles. The Labute approximate surface area is 112 Å². The van der Waals surface area contributed by atoms with Crippen LogP contribution in [0.1, 0.15) is 18.9 Å². The number of cyclic esters (lactones) is 1. The van der Waals surface area contributed by atoms with Gasteiger partial charge in [-0.25, -0.2) is 4.79 Å². The number of carbonyl (C=O) groups is 2. The van der Waals surface area contributed by atoms with Gasteiger partial charge in [0.1, 0.15) is 12.5 Å². The number of allylic oxidation sites excluding steroid dienone is 1. The van der Waals surface area contributed by atoms with Crippen molar-refractivity contribution < 1.29 is 19.1 Å². The molecule has 2 atom stereocenters. The van der Waals surface area contributed by atoms with Crippen LogP contribution < -0.4 is 0 Å². The largest absolute Gasteiger partial charge is 0.458 e. The molecule has 1 aliphatic heterocycles. The van der Waals surface area contributed by atoms with Crippen LogP contribution in [0.15, 0.2) is 42.5 Å². The molecule has 0 saturated carbocycles. The number of ether oxygens (including phenoxy) is 2. The van der Waals surface area contributed by atoms with Crippen molar-refractivity contribution in [2.75, 3.05) is 0 Å². The molecule has 0 amide bonds. The SMILES string of the molecule is C=C(C)C[C@@H]1C(=O)O[C@H]1C(=O)OCc1ccccc1. The summed E-state index contributed by atoms with van der Waals surface area (Å²) in [7, 11) is 0. The third kappa shape index (κ3) is 3.22. The summed E-state index contributed by atoms with van der Waals surface area (Å²) in [6, 6.07) is 9.37. The van der Waals surface area contributed by atoms with Crippen molar-refractivity contribution in [3.8, 4) is 0 Å². The van der Waals surface area contributed by atoms with Gasteiger partial charge in [-0.2, -0.15) is 0 Å². The maximum atomic E-state index is 11.8. The molecule has 100 valence electrons. The van der Waals surface area contributed by atoms with Crippen LogP contribution in [0.5, 0.6) is 0 Å². The molecule has 19 heavy (non-hydrogen) atoms. The Bertz CT molecular complexity index is 492. The van der Waals surface area contributed by atoms with Gasteiger partial charge in [-0.3, -0.25) is 4.79 Å². The summed E-state index contributed by atoms with van der Waals surface area (Å²) in [5.41, 5.74) is 1.75. The molecule has 0 aromatic heterocycles. The van der Waals surface area contributed by atoms with E-state index in [1.165, 1.54) is 0 Å². The highest BCUT2D eigenvalue weighted by atomic mass is 16.6. The lowest BCUT2D eigenvalue weighted by molar-refractivity contribution is -0.198. The van der Waals surface area contributed by atoms with Gasteiger partial charge in [0.25, 0.3) is 0 Å². The van der Waals surface area contributed by atoms with E-state index in [1.54, 1.807) is 0 Å². The standard InChI is InChI=1S/C15H16O4/c1-10(2)8-12-13(19-14(12)16)15(17)18-9-11-6-4-3-5-7-11/h3-7,12-13H,1,8-9H2,2H3/t12-,13+/m0/s1. The van der Waals surface area contributed by atoms with Gasteiger partial charge in [-0.1, -0.05) is 35.9 Å². The number of hydrogen-bond acceptors (Lipinski definition) is 4. The Kier molecular flexibility index (Phi) is 4.00. The van der Waals surface area contributed by atoms with E-state index >= 15 is 0 Å². The molecule has 4 nitrogen and oxygen atoms in total. The lowest BCUT2D eigenvalue weighted by Crippen LogP contribution is -2.50. The van der Waals surface area contributed by atoms with E-state index in [0.717, 1.165) is 11.1 Å². The summed E-state index contributed by atoms with van der Waals surface area (Å²) in [5.74, 6) is -1.29. The maximum absolute atomic E-state index is 11.8. The molecule has 1 aromatic carbocycles. The summed E-state index contributed by atoms with van der Waals surface area (Å²) < 4.78 is 9.99. The predicted molar refractivity (Wildman–Crippen MR) is 69.0 cm³/mol. The molecule has 0 bridgehead atoms. The van der Waals surface area contributed by atoms with Crippen LogP contribution >= 0.6 is 0 Å². The van der Waals surface area contributed by atoms with Crippen molar-refractivity contribution in [3.05, 3.63) is 48.0 Å². The second kappa shape index (κ2) is 5.69. The van der Waals surface area contributed by atoms with Crippen molar-refractivity contribution in [3.63, 3.8) is 0 Å². The number of benzene rings is 1. The molecule has 4 heteroatoms. The number of esters is 2. The van der Waals surface area contributed by atoms with Crippen molar-refractivity contribution in [1.82, 2.24) is 0 Å². The van der Waals surface area contributed by atoms with Crippen LogP contribution in [0.25, 0.3) is 0 Å². The van der Waals surface area contributed by atoms with Gasteiger partial charge < -0.3 is 9.47 Å². The first-order valence-corrected chi connectivity index (χ1v) is 6.13. The number of rotatable bonds is 5.